The van der Waals surface area contributed by atoms with Crippen molar-refractivity contribution in [1.29, 1.82) is 0 Å². The summed E-state index contributed by atoms with van der Waals surface area (Å²) in [5.74, 6) is 0.826. The van der Waals surface area contributed by atoms with Crippen molar-refractivity contribution in [1.82, 2.24) is 4.98 Å². The molecule has 0 fully saturated rings. The molecule has 0 bridgehead atoms. The van der Waals surface area contributed by atoms with Gasteiger partial charge in [-0.15, -0.1) is 0 Å². The molecule has 4 heteroatoms. The van der Waals surface area contributed by atoms with Crippen molar-refractivity contribution in [3.63, 3.8) is 0 Å². The first-order valence-corrected chi connectivity index (χ1v) is 5.96. The number of carbonyl (C=O) groups is 1. The SMILES string of the molecule is CC(=O)SCCC=Cc1ccc(Cl)nc1. The molecule has 1 rings (SSSR count). The molecule has 0 amide bonds. The van der Waals surface area contributed by atoms with E-state index in [0.29, 0.717) is 5.15 Å². The quantitative estimate of drug-likeness (QED) is 0.598. The summed E-state index contributed by atoms with van der Waals surface area (Å²) in [4.78, 5) is 14.6. The maximum absolute atomic E-state index is 10.6. The number of thioether (sulfide) groups is 1. The van der Waals surface area contributed by atoms with E-state index in [-0.39, 0.29) is 5.12 Å². The molecule has 0 saturated carbocycles. The van der Waals surface area contributed by atoms with Gasteiger partial charge < -0.3 is 0 Å². The Morgan fingerprint density at radius 1 is 1.60 bits per heavy atom. The molecule has 0 spiro atoms. The standard InChI is InChI=1S/C11H12ClNOS/c1-9(14)15-7-3-2-4-10-5-6-11(12)13-8-10/h2,4-6,8H,3,7H2,1H3. The van der Waals surface area contributed by atoms with Gasteiger partial charge in [0.25, 0.3) is 0 Å². The Bertz CT molecular complexity index is 348. The molecule has 15 heavy (non-hydrogen) atoms. The van der Waals surface area contributed by atoms with Crippen LogP contribution in [0.1, 0.15) is 18.9 Å². The first kappa shape index (κ1) is 12.3. The van der Waals surface area contributed by atoms with Gasteiger partial charge in [-0.05, 0) is 18.1 Å². The van der Waals surface area contributed by atoms with Crippen molar-refractivity contribution in [3.8, 4) is 0 Å². The molecule has 0 aliphatic carbocycles. The molecule has 0 saturated heterocycles. The van der Waals surface area contributed by atoms with Gasteiger partial charge in [0, 0.05) is 18.9 Å². The van der Waals surface area contributed by atoms with E-state index in [0.717, 1.165) is 17.7 Å². The van der Waals surface area contributed by atoms with Crippen LogP contribution < -0.4 is 0 Å². The highest BCUT2D eigenvalue weighted by Crippen LogP contribution is 2.08. The number of hydrogen-bond acceptors (Lipinski definition) is 3. The van der Waals surface area contributed by atoms with Gasteiger partial charge in [0.2, 0.25) is 0 Å². The molecule has 1 aromatic heterocycles. The van der Waals surface area contributed by atoms with Gasteiger partial charge in [0.15, 0.2) is 5.12 Å². The largest absolute Gasteiger partial charge is 0.288 e. The van der Waals surface area contributed by atoms with E-state index in [1.54, 1.807) is 19.2 Å². The first-order chi connectivity index (χ1) is 7.18. The Morgan fingerprint density at radius 2 is 2.40 bits per heavy atom. The van der Waals surface area contributed by atoms with Crippen LogP contribution in [0.5, 0.6) is 0 Å². The van der Waals surface area contributed by atoms with Gasteiger partial charge >= 0.3 is 0 Å². The van der Waals surface area contributed by atoms with Crippen molar-refractivity contribution >= 4 is 34.6 Å². The second-order valence-electron chi connectivity index (χ2n) is 2.95. The molecule has 0 aliphatic rings. The summed E-state index contributed by atoms with van der Waals surface area (Å²) in [6, 6.07) is 3.66. The fourth-order valence-corrected chi connectivity index (χ4v) is 1.63. The Labute approximate surface area is 98.7 Å². The minimum absolute atomic E-state index is 0.163. The zero-order chi connectivity index (χ0) is 11.1. The van der Waals surface area contributed by atoms with Gasteiger partial charge in [-0.2, -0.15) is 0 Å². The summed E-state index contributed by atoms with van der Waals surface area (Å²) in [6.45, 7) is 1.58. The van der Waals surface area contributed by atoms with E-state index in [2.05, 4.69) is 4.98 Å². The van der Waals surface area contributed by atoms with Crippen molar-refractivity contribution in [2.75, 3.05) is 5.75 Å². The van der Waals surface area contributed by atoms with Gasteiger partial charge in [-0.3, -0.25) is 4.79 Å². The lowest BCUT2D eigenvalue weighted by Crippen LogP contribution is -1.83. The molecule has 0 atom stereocenters. The van der Waals surface area contributed by atoms with Crippen molar-refractivity contribution < 1.29 is 4.79 Å². The van der Waals surface area contributed by atoms with Gasteiger partial charge in [-0.1, -0.05) is 41.6 Å². The minimum atomic E-state index is 0.163. The van der Waals surface area contributed by atoms with Gasteiger partial charge in [0.05, 0.1) is 0 Å². The van der Waals surface area contributed by atoms with Crippen LogP contribution in [0.3, 0.4) is 0 Å². The number of nitrogens with zero attached hydrogens (tertiary/aromatic N) is 1. The van der Waals surface area contributed by atoms with Crippen LogP contribution in [0, 0.1) is 0 Å². The molecule has 1 heterocycles. The fraction of sp³-hybridized carbons (Fsp3) is 0.273. The molecule has 2 nitrogen and oxygen atoms in total. The molecule has 1 aromatic rings. The van der Waals surface area contributed by atoms with E-state index < -0.39 is 0 Å². The topological polar surface area (TPSA) is 30.0 Å². The number of aromatic nitrogens is 1. The van der Waals surface area contributed by atoms with Crippen LogP contribution in [-0.2, 0) is 4.79 Å². The molecular formula is C11H12ClNOS. The van der Waals surface area contributed by atoms with E-state index >= 15 is 0 Å². The lowest BCUT2D eigenvalue weighted by Gasteiger charge is -1.93. The Kier molecular flexibility index (Phi) is 5.43. The summed E-state index contributed by atoms with van der Waals surface area (Å²) in [6.07, 6.45) is 6.61. The third kappa shape index (κ3) is 5.60. The highest BCUT2D eigenvalue weighted by molar-refractivity contribution is 8.13. The Hall–Kier alpha value is -0.800. The molecule has 0 unspecified atom stereocenters. The van der Waals surface area contributed by atoms with Crippen LogP contribution in [0.25, 0.3) is 6.08 Å². The summed E-state index contributed by atoms with van der Waals surface area (Å²) in [5, 5.41) is 0.663. The summed E-state index contributed by atoms with van der Waals surface area (Å²) < 4.78 is 0. The second-order valence-corrected chi connectivity index (χ2v) is 4.60. The summed E-state index contributed by atoms with van der Waals surface area (Å²) in [7, 11) is 0. The van der Waals surface area contributed by atoms with E-state index in [1.165, 1.54) is 11.8 Å². The minimum Gasteiger partial charge on any atom is -0.288 e. The maximum Gasteiger partial charge on any atom is 0.185 e. The summed E-state index contributed by atoms with van der Waals surface area (Å²) >= 11 is 7.00. The predicted molar refractivity (Wildman–Crippen MR) is 66.0 cm³/mol. The Balaban J connectivity index is 2.32. The molecule has 0 radical (unpaired) electrons. The molecule has 0 aromatic carbocycles. The third-order valence-corrected chi connectivity index (χ3v) is 2.72. The molecule has 0 N–H and O–H groups in total. The number of allylic oxidation sites excluding steroid dienone is 1. The van der Waals surface area contributed by atoms with Crippen LogP contribution in [0.15, 0.2) is 24.4 Å². The number of hydrogen-bond donors (Lipinski definition) is 0. The van der Waals surface area contributed by atoms with E-state index in [1.807, 2.05) is 18.2 Å². The third-order valence-electron chi connectivity index (χ3n) is 1.65. The smallest absolute Gasteiger partial charge is 0.185 e. The van der Waals surface area contributed by atoms with Crippen LogP contribution in [-0.4, -0.2) is 15.9 Å². The second kappa shape index (κ2) is 6.64. The molecule has 80 valence electrons. The average Bonchev–Trinajstić information content (AvgIpc) is 2.20. The lowest BCUT2D eigenvalue weighted by atomic mass is 10.2. The van der Waals surface area contributed by atoms with Gasteiger partial charge in [-0.25, -0.2) is 4.98 Å². The number of pyridine rings is 1. The molecular weight excluding hydrogens is 230 g/mol. The first-order valence-electron chi connectivity index (χ1n) is 4.60. The van der Waals surface area contributed by atoms with Crippen molar-refractivity contribution in [2.45, 2.75) is 13.3 Å². The van der Waals surface area contributed by atoms with Crippen LogP contribution in [0.2, 0.25) is 5.15 Å². The van der Waals surface area contributed by atoms with E-state index in [4.69, 9.17) is 11.6 Å². The predicted octanol–water partition coefficient (Wildman–Crippen LogP) is 3.42. The average molecular weight is 242 g/mol. The zero-order valence-electron chi connectivity index (χ0n) is 8.44. The maximum atomic E-state index is 10.6. The molecule has 0 aliphatic heterocycles. The zero-order valence-corrected chi connectivity index (χ0v) is 10.0. The lowest BCUT2D eigenvalue weighted by molar-refractivity contribution is -0.109. The highest BCUT2D eigenvalue weighted by atomic mass is 35.5. The Morgan fingerprint density at radius 3 is 3.00 bits per heavy atom. The van der Waals surface area contributed by atoms with Crippen LogP contribution >= 0.6 is 23.4 Å². The number of carbonyl (C=O) groups excluding carboxylic acids is 1. The highest BCUT2D eigenvalue weighted by Gasteiger charge is 1.91. The normalized spacial score (nSPS) is 10.8. The van der Waals surface area contributed by atoms with Crippen molar-refractivity contribution in [3.05, 3.63) is 35.1 Å². The van der Waals surface area contributed by atoms with Crippen molar-refractivity contribution in [2.24, 2.45) is 0 Å². The fourth-order valence-electron chi connectivity index (χ4n) is 0.976. The number of halogens is 1. The number of rotatable bonds is 4. The van der Waals surface area contributed by atoms with Gasteiger partial charge in [0.1, 0.15) is 5.15 Å². The summed E-state index contributed by atoms with van der Waals surface area (Å²) in [5.41, 5.74) is 1.02. The van der Waals surface area contributed by atoms with Crippen LogP contribution in [0.4, 0.5) is 0 Å². The van der Waals surface area contributed by atoms with E-state index in [9.17, 15) is 4.79 Å². The monoisotopic (exact) mass is 241 g/mol.